The van der Waals surface area contributed by atoms with E-state index in [1.165, 1.54) is 10.9 Å². The number of ether oxygens (including phenoxy) is 1. The molecule has 2 fully saturated rings. The molecule has 1 aromatic rings. The number of hydrogen-bond donors (Lipinski definition) is 0. The van der Waals surface area contributed by atoms with Crippen molar-refractivity contribution in [1.82, 2.24) is 19.6 Å². The molecule has 2 amide bonds. The summed E-state index contributed by atoms with van der Waals surface area (Å²) in [5.41, 5.74) is -0.618. The monoisotopic (exact) mass is 476 g/mol. The second-order valence-electron chi connectivity index (χ2n) is 7.62. The van der Waals surface area contributed by atoms with Gasteiger partial charge in [-0.1, -0.05) is 11.6 Å². The van der Waals surface area contributed by atoms with E-state index in [0.29, 0.717) is 19.4 Å². The average Bonchev–Trinajstić information content (AvgIpc) is 3.20. The van der Waals surface area contributed by atoms with E-state index in [1.54, 1.807) is 11.9 Å². The van der Waals surface area contributed by atoms with Crippen LogP contribution in [0.1, 0.15) is 36.2 Å². The molecule has 1 spiro atoms. The van der Waals surface area contributed by atoms with E-state index in [-0.39, 0.29) is 36.6 Å². The molecule has 0 saturated carbocycles. The average molecular weight is 477 g/mol. The van der Waals surface area contributed by atoms with Gasteiger partial charge in [-0.25, -0.2) is 4.79 Å². The zero-order chi connectivity index (χ0) is 23.2. The van der Waals surface area contributed by atoms with Crippen molar-refractivity contribution in [3.8, 4) is 0 Å². The number of piperidine rings is 1. The third-order valence-electron chi connectivity index (χ3n) is 5.59. The van der Waals surface area contributed by atoms with E-state index in [4.69, 9.17) is 11.6 Å². The van der Waals surface area contributed by atoms with Crippen LogP contribution in [-0.2, 0) is 11.8 Å². The number of amides is 2. The van der Waals surface area contributed by atoms with E-state index < -0.39 is 36.0 Å². The molecule has 0 N–H and O–H groups in total. The summed E-state index contributed by atoms with van der Waals surface area (Å²) in [7, 11) is 1.60. The van der Waals surface area contributed by atoms with Crippen LogP contribution in [-0.4, -0.2) is 75.2 Å². The lowest BCUT2D eigenvalue weighted by atomic mass is 9.85. The second-order valence-corrected chi connectivity index (χ2v) is 8.03. The number of halogens is 7. The van der Waals surface area contributed by atoms with Crippen molar-refractivity contribution < 1.29 is 40.7 Å². The smallest absolute Gasteiger partial charge is 0.426 e. The Kier molecular flexibility index (Phi) is 6.11. The summed E-state index contributed by atoms with van der Waals surface area (Å²) < 4.78 is 81.0. The number of aromatic nitrogens is 2. The third-order valence-corrected chi connectivity index (χ3v) is 5.87. The largest absolute Gasteiger partial charge is 0.434 e. The Hall–Kier alpha value is -2.18. The first-order chi connectivity index (χ1) is 14.2. The van der Waals surface area contributed by atoms with Crippen LogP contribution in [0.3, 0.4) is 0 Å². The van der Waals surface area contributed by atoms with Crippen molar-refractivity contribution >= 4 is 23.6 Å². The Morgan fingerprint density at radius 1 is 1.10 bits per heavy atom. The number of carbonyl (C=O) groups is 2. The summed E-state index contributed by atoms with van der Waals surface area (Å²) >= 11 is 6.05. The van der Waals surface area contributed by atoms with Crippen molar-refractivity contribution in [2.24, 2.45) is 7.05 Å². The van der Waals surface area contributed by atoms with Crippen LogP contribution in [0.2, 0.25) is 5.02 Å². The van der Waals surface area contributed by atoms with E-state index in [2.05, 4.69) is 9.84 Å². The molecule has 31 heavy (non-hydrogen) atoms. The summed E-state index contributed by atoms with van der Waals surface area (Å²) in [5.74, 6) is -0.409. The van der Waals surface area contributed by atoms with Crippen LogP contribution in [0.5, 0.6) is 0 Å². The SMILES string of the molecule is Cn1cc(Cl)c(C(=O)N2CCCC23CCN(C(=O)OC(C(F)(F)F)C(F)(F)F)CC3)n1. The Labute approximate surface area is 177 Å². The minimum Gasteiger partial charge on any atom is -0.426 e. The van der Waals surface area contributed by atoms with Gasteiger partial charge in [-0.15, -0.1) is 0 Å². The highest BCUT2D eigenvalue weighted by atomic mass is 35.5. The molecule has 7 nitrogen and oxygen atoms in total. The van der Waals surface area contributed by atoms with E-state index in [9.17, 15) is 35.9 Å². The van der Waals surface area contributed by atoms with Gasteiger partial charge in [0.25, 0.3) is 12.0 Å². The molecule has 1 aromatic heterocycles. The minimum absolute atomic E-state index is 0.0606. The first-order valence-electron chi connectivity index (χ1n) is 9.35. The molecular formula is C17H19ClF6N4O3. The number of rotatable bonds is 2. The summed E-state index contributed by atoms with van der Waals surface area (Å²) in [4.78, 5) is 27.3. The maximum absolute atomic E-state index is 12.9. The molecule has 0 atom stereocenters. The van der Waals surface area contributed by atoms with Gasteiger partial charge in [-0.3, -0.25) is 9.48 Å². The number of nitrogens with zero attached hydrogens (tertiary/aromatic N) is 4. The Morgan fingerprint density at radius 2 is 1.68 bits per heavy atom. The van der Waals surface area contributed by atoms with E-state index >= 15 is 0 Å². The second kappa shape index (κ2) is 8.06. The van der Waals surface area contributed by atoms with Crippen molar-refractivity contribution in [3.63, 3.8) is 0 Å². The van der Waals surface area contributed by atoms with E-state index in [1.807, 2.05) is 0 Å². The van der Waals surface area contributed by atoms with Crippen molar-refractivity contribution in [1.29, 1.82) is 0 Å². The van der Waals surface area contributed by atoms with Gasteiger partial charge in [-0.2, -0.15) is 31.4 Å². The molecule has 0 aliphatic carbocycles. The zero-order valence-electron chi connectivity index (χ0n) is 16.3. The maximum atomic E-state index is 12.9. The zero-order valence-corrected chi connectivity index (χ0v) is 17.0. The lowest BCUT2D eigenvalue weighted by Gasteiger charge is -2.44. The highest BCUT2D eigenvalue weighted by molar-refractivity contribution is 6.33. The number of aryl methyl sites for hydroxylation is 1. The molecule has 3 rings (SSSR count). The molecule has 0 aromatic carbocycles. The molecule has 14 heteroatoms. The molecule has 2 saturated heterocycles. The summed E-state index contributed by atoms with van der Waals surface area (Å²) in [6.45, 7) is 0.0996. The number of carbonyl (C=O) groups excluding carboxylic acids is 2. The fourth-order valence-electron chi connectivity index (χ4n) is 4.11. The van der Waals surface area contributed by atoms with Gasteiger partial charge in [0, 0.05) is 38.4 Å². The standard InChI is InChI=1S/C17H19ClF6N4O3/c1-26-9-10(18)11(25-26)12(29)28-6-2-3-15(28)4-7-27(8-5-15)14(30)31-13(16(19,20)21)17(22,23)24/h9,13H,2-8H2,1H3. The quantitative estimate of drug-likeness (QED) is 0.609. The van der Waals surface area contributed by atoms with Crippen LogP contribution in [0, 0.1) is 0 Å². The number of likely N-dealkylation sites (tertiary alicyclic amines) is 2. The molecule has 3 heterocycles. The summed E-state index contributed by atoms with van der Waals surface area (Å²) in [6.07, 6.45) is -14.4. The molecular weight excluding hydrogens is 458 g/mol. The van der Waals surface area contributed by atoms with Crippen LogP contribution >= 0.6 is 11.6 Å². The minimum atomic E-state index is -5.78. The molecule has 2 aliphatic heterocycles. The molecule has 2 aliphatic rings. The molecule has 0 bridgehead atoms. The third kappa shape index (κ3) is 4.70. The normalized spacial score (nSPS) is 19.4. The van der Waals surface area contributed by atoms with Crippen LogP contribution < -0.4 is 0 Å². The summed E-state index contributed by atoms with van der Waals surface area (Å²) in [5, 5.41) is 4.22. The van der Waals surface area contributed by atoms with Gasteiger partial charge < -0.3 is 14.5 Å². The number of hydrogen-bond acceptors (Lipinski definition) is 4. The Bertz CT molecular complexity index is 834. The Balaban J connectivity index is 1.68. The van der Waals surface area contributed by atoms with Crippen LogP contribution in [0.4, 0.5) is 31.1 Å². The first-order valence-corrected chi connectivity index (χ1v) is 9.72. The van der Waals surface area contributed by atoms with E-state index in [0.717, 1.165) is 4.90 Å². The highest BCUT2D eigenvalue weighted by Gasteiger charge is 2.60. The van der Waals surface area contributed by atoms with Gasteiger partial charge in [-0.05, 0) is 25.7 Å². The Morgan fingerprint density at radius 3 is 2.16 bits per heavy atom. The topological polar surface area (TPSA) is 67.7 Å². The maximum Gasteiger partial charge on any atom is 0.434 e. The van der Waals surface area contributed by atoms with Gasteiger partial charge in [0.1, 0.15) is 0 Å². The number of alkyl halides is 6. The van der Waals surface area contributed by atoms with Crippen molar-refractivity contribution in [2.75, 3.05) is 19.6 Å². The van der Waals surface area contributed by atoms with Gasteiger partial charge in [0.05, 0.1) is 5.02 Å². The predicted octanol–water partition coefficient (Wildman–Crippen LogP) is 3.77. The molecule has 174 valence electrons. The lowest BCUT2D eigenvalue weighted by Crippen LogP contribution is -2.56. The van der Waals surface area contributed by atoms with Gasteiger partial charge >= 0.3 is 18.4 Å². The van der Waals surface area contributed by atoms with Crippen LogP contribution in [0.25, 0.3) is 0 Å². The first kappa shape index (κ1) is 23.5. The fourth-order valence-corrected chi connectivity index (χ4v) is 4.37. The highest BCUT2D eigenvalue weighted by Crippen LogP contribution is 2.41. The van der Waals surface area contributed by atoms with Gasteiger partial charge in [0.15, 0.2) is 5.69 Å². The van der Waals surface area contributed by atoms with Crippen LogP contribution in [0.15, 0.2) is 6.20 Å². The predicted molar refractivity (Wildman–Crippen MR) is 94.4 cm³/mol. The fraction of sp³-hybridized carbons (Fsp3) is 0.706. The van der Waals surface area contributed by atoms with Crippen molar-refractivity contribution in [3.05, 3.63) is 16.9 Å². The van der Waals surface area contributed by atoms with Crippen molar-refractivity contribution in [2.45, 2.75) is 49.7 Å². The molecule has 0 unspecified atom stereocenters. The summed E-state index contributed by atoms with van der Waals surface area (Å²) in [6, 6.07) is 0. The molecule has 0 radical (unpaired) electrons. The van der Waals surface area contributed by atoms with Gasteiger partial charge in [0.2, 0.25) is 0 Å². The lowest BCUT2D eigenvalue weighted by molar-refractivity contribution is -0.308.